The second kappa shape index (κ2) is 6.12. The number of thiophene rings is 1. The predicted molar refractivity (Wildman–Crippen MR) is 73.0 cm³/mol. The van der Waals surface area contributed by atoms with Crippen LogP contribution in [0.5, 0.6) is 0 Å². The lowest BCUT2D eigenvalue weighted by molar-refractivity contribution is 0.189. The highest BCUT2D eigenvalue weighted by Crippen LogP contribution is 2.30. The summed E-state index contributed by atoms with van der Waals surface area (Å²) in [5.74, 6) is 5.66. The highest BCUT2D eigenvalue weighted by Gasteiger charge is 2.13. The maximum Gasteiger partial charge on any atom is 0.0475 e. The summed E-state index contributed by atoms with van der Waals surface area (Å²) >= 11 is 1.77. The number of hydrogen-bond acceptors (Lipinski definition) is 4. The molecule has 17 heavy (non-hydrogen) atoms. The van der Waals surface area contributed by atoms with Crippen LogP contribution in [0.2, 0.25) is 0 Å². The van der Waals surface area contributed by atoms with Crippen molar-refractivity contribution in [1.29, 1.82) is 0 Å². The van der Waals surface area contributed by atoms with E-state index in [1.165, 1.54) is 15.6 Å². The van der Waals surface area contributed by atoms with Crippen molar-refractivity contribution in [3.05, 3.63) is 35.2 Å². The molecule has 0 aliphatic carbocycles. The van der Waals surface area contributed by atoms with E-state index < -0.39 is 0 Å². The van der Waals surface area contributed by atoms with E-state index in [0.29, 0.717) is 0 Å². The summed E-state index contributed by atoms with van der Waals surface area (Å²) in [5, 5.41) is 3.41. The van der Waals surface area contributed by atoms with Gasteiger partial charge in [0.1, 0.15) is 0 Å². The molecule has 1 aromatic carbocycles. The van der Waals surface area contributed by atoms with E-state index in [2.05, 4.69) is 35.1 Å². The number of fused-ring (bicyclic) bond motifs is 1. The lowest BCUT2D eigenvalue weighted by Crippen LogP contribution is -2.28. The summed E-state index contributed by atoms with van der Waals surface area (Å²) in [6.07, 6.45) is 1.99. The summed E-state index contributed by atoms with van der Waals surface area (Å²) in [6, 6.07) is 8.72. The highest BCUT2D eigenvalue weighted by atomic mass is 32.1. The predicted octanol–water partition coefficient (Wildman–Crippen LogP) is 2.83. The third-order valence-electron chi connectivity index (χ3n) is 2.93. The first-order chi connectivity index (χ1) is 8.36. The summed E-state index contributed by atoms with van der Waals surface area (Å²) in [4.78, 5) is 0. The molecule has 2 rings (SSSR count). The van der Waals surface area contributed by atoms with Crippen molar-refractivity contribution in [2.45, 2.75) is 18.9 Å². The quantitative estimate of drug-likeness (QED) is 0.471. The average Bonchev–Trinajstić information content (AvgIpc) is 2.83. The molecule has 0 amide bonds. The van der Waals surface area contributed by atoms with Crippen molar-refractivity contribution >= 4 is 21.4 Å². The van der Waals surface area contributed by atoms with Gasteiger partial charge >= 0.3 is 0 Å². The van der Waals surface area contributed by atoms with Gasteiger partial charge in [-0.25, -0.2) is 0 Å². The van der Waals surface area contributed by atoms with Crippen LogP contribution in [0.15, 0.2) is 29.6 Å². The van der Waals surface area contributed by atoms with Crippen LogP contribution in [-0.4, -0.2) is 13.7 Å². The normalized spacial score (nSPS) is 13.1. The van der Waals surface area contributed by atoms with E-state index in [0.717, 1.165) is 19.4 Å². The van der Waals surface area contributed by atoms with Gasteiger partial charge in [-0.3, -0.25) is 11.3 Å². The van der Waals surface area contributed by atoms with Crippen molar-refractivity contribution in [2.75, 3.05) is 13.7 Å². The number of nitrogens with one attached hydrogen (secondary N) is 1. The fourth-order valence-electron chi connectivity index (χ4n) is 2.05. The second-order valence-electron chi connectivity index (χ2n) is 4.04. The van der Waals surface area contributed by atoms with Gasteiger partial charge in [-0.15, -0.1) is 11.3 Å². The molecule has 1 heterocycles. The maximum atomic E-state index is 5.66. The zero-order chi connectivity index (χ0) is 12.1. The van der Waals surface area contributed by atoms with Crippen LogP contribution in [0, 0.1) is 0 Å². The number of rotatable bonds is 6. The Morgan fingerprint density at radius 1 is 1.41 bits per heavy atom. The molecule has 0 bridgehead atoms. The first-order valence-corrected chi connectivity index (χ1v) is 6.66. The lowest BCUT2D eigenvalue weighted by atomic mass is 10.0. The third kappa shape index (κ3) is 2.84. The fraction of sp³-hybridized carbons (Fsp3) is 0.385. The minimum absolute atomic E-state index is 0.201. The number of ether oxygens (including phenoxy) is 1. The molecule has 0 saturated heterocycles. The minimum atomic E-state index is 0.201. The topological polar surface area (TPSA) is 47.3 Å². The summed E-state index contributed by atoms with van der Waals surface area (Å²) in [5.41, 5.74) is 4.20. The van der Waals surface area contributed by atoms with Crippen LogP contribution in [0.3, 0.4) is 0 Å². The standard InChI is InChI=1S/C13H18N2OS/c1-16-8-3-6-12(15-14)11-5-2-4-10-7-9-17-13(10)11/h2,4-5,7,9,12,15H,3,6,8,14H2,1H3. The summed E-state index contributed by atoms with van der Waals surface area (Å²) in [6.45, 7) is 0.776. The van der Waals surface area contributed by atoms with Crippen molar-refractivity contribution in [3.63, 3.8) is 0 Å². The molecule has 4 heteroatoms. The third-order valence-corrected chi connectivity index (χ3v) is 3.91. The zero-order valence-electron chi connectivity index (χ0n) is 9.98. The molecule has 0 aliphatic heterocycles. The van der Waals surface area contributed by atoms with Gasteiger partial charge < -0.3 is 4.74 Å². The van der Waals surface area contributed by atoms with Gasteiger partial charge in [-0.1, -0.05) is 18.2 Å². The molecule has 1 aromatic heterocycles. The van der Waals surface area contributed by atoms with Gasteiger partial charge in [0, 0.05) is 24.5 Å². The molecule has 1 atom stereocenters. The number of hydrogen-bond donors (Lipinski definition) is 2. The molecular formula is C13H18N2OS. The summed E-state index contributed by atoms with van der Waals surface area (Å²) in [7, 11) is 1.73. The van der Waals surface area contributed by atoms with Crippen molar-refractivity contribution < 1.29 is 4.74 Å². The van der Waals surface area contributed by atoms with E-state index in [1.54, 1.807) is 18.4 Å². The molecule has 2 aromatic rings. The van der Waals surface area contributed by atoms with Crippen molar-refractivity contribution in [2.24, 2.45) is 5.84 Å². The van der Waals surface area contributed by atoms with Gasteiger partial charge in [-0.2, -0.15) is 0 Å². The van der Waals surface area contributed by atoms with Gasteiger partial charge in [0.2, 0.25) is 0 Å². The number of nitrogens with two attached hydrogens (primary N) is 1. The molecule has 1 unspecified atom stereocenters. The van der Waals surface area contributed by atoms with E-state index in [-0.39, 0.29) is 6.04 Å². The summed E-state index contributed by atoms with van der Waals surface area (Å²) < 4.78 is 6.41. The molecule has 0 fully saturated rings. The maximum absolute atomic E-state index is 5.66. The van der Waals surface area contributed by atoms with Crippen LogP contribution in [0.25, 0.3) is 10.1 Å². The van der Waals surface area contributed by atoms with Crippen LogP contribution >= 0.6 is 11.3 Å². The first kappa shape index (κ1) is 12.5. The SMILES string of the molecule is COCCCC(NN)c1cccc2ccsc12. The van der Waals surface area contributed by atoms with Crippen LogP contribution in [0.4, 0.5) is 0 Å². The minimum Gasteiger partial charge on any atom is -0.385 e. The van der Waals surface area contributed by atoms with Crippen LogP contribution in [-0.2, 0) is 4.74 Å². The zero-order valence-corrected chi connectivity index (χ0v) is 10.8. The fourth-order valence-corrected chi connectivity index (χ4v) is 3.02. The van der Waals surface area contributed by atoms with E-state index in [9.17, 15) is 0 Å². The van der Waals surface area contributed by atoms with Gasteiger partial charge in [-0.05, 0) is 35.2 Å². The number of benzene rings is 1. The first-order valence-electron chi connectivity index (χ1n) is 5.78. The smallest absolute Gasteiger partial charge is 0.0475 e. The molecular weight excluding hydrogens is 232 g/mol. The van der Waals surface area contributed by atoms with Gasteiger partial charge in [0.15, 0.2) is 0 Å². The van der Waals surface area contributed by atoms with E-state index in [4.69, 9.17) is 10.6 Å². The molecule has 92 valence electrons. The van der Waals surface area contributed by atoms with Gasteiger partial charge in [0.25, 0.3) is 0 Å². The molecule has 0 spiro atoms. The highest BCUT2D eigenvalue weighted by molar-refractivity contribution is 7.17. The molecule has 3 N–H and O–H groups in total. The van der Waals surface area contributed by atoms with Crippen molar-refractivity contribution in [3.8, 4) is 0 Å². The average molecular weight is 250 g/mol. The Bertz CT molecular complexity index is 469. The Labute approximate surface area is 106 Å². The number of methoxy groups -OCH3 is 1. The van der Waals surface area contributed by atoms with E-state index >= 15 is 0 Å². The van der Waals surface area contributed by atoms with Crippen molar-refractivity contribution in [1.82, 2.24) is 5.43 Å². The van der Waals surface area contributed by atoms with Crippen LogP contribution < -0.4 is 11.3 Å². The van der Waals surface area contributed by atoms with E-state index in [1.807, 2.05) is 0 Å². The molecule has 0 radical (unpaired) electrons. The molecule has 0 saturated carbocycles. The second-order valence-corrected chi connectivity index (χ2v) is 4.96. The lowest BCUT2D eigenvalue weighted by Gasteiger charge is -2.16. The Morgan fingerprint density at radius 3 is 3.06 bits per heavy atom. The monoisotopic (exact) mass is 250 g/mol. The number of hydrazine groups is 1. The molecule has 0 aliphatic rings. The Balaban J connectivity index is 2.20. The van der Waals surface area contributed by atoms with Gasteiger partial charge in [0.05, 0.1) is 0 Å². The Hall–Kier alpha value is -0.940. The Morgan fingerprint density at radius 2 is 2.29 bits per heavy atom. The Kier molecular flexibility index (Phi) is 4.50. The van der Waals surface area contributed by atoms with Crippen LogP contribution in [0.1, 0.15) is 24.4 Å². The largest absolute Gasteiger partial charge is 0.385 e. The molecule has 3 nitrogen and oxygen atoms in total.